The van der Waals surface area contributed by atoms with E-state index < -0.39 is 0 Å². The molecule has 130 valence electrons. The summed E-state index contributed by atoms with van der Waals surface area (Å²) in [7, 11) is 1.49. The monoisotopic (exact) mass is 330 g/mol. The zero-order valence-corrected chi connectivity index (χ0v) is 14.8. The fourth-order valence-electron chi connectivity index (χ4n) is 4.45. The van der Waals surface area contributed by atoms with Crippen molar-refractivity contribution in [2.75, 3.05) is 7.11 Å². The average molecular weight is 330 g/mol. The lowest BCUT2D eigenvalue weighted by atomic mass is 9.70. The highest BCUT2D eigenvalue weighted by Gasteiger charge is 2.62. The topological polar surface area (TPSA) is 55.8 Å². The summed E-state index contributed by atoms with van der Waals surface area (Å²) in [5.41, 5.74) is 1.08. The van der Waals surface area contributed by atoms with Crippen molar-refractivity contribution in [3.63, 3.8) is 0 Å². The summed E-state index contributed by atoms with van der Waals surface area (Å²) in [5, 5.41) is 9.60. The first-order valence-corrected chi connectivity index (χ1v) is 8.53. The molecule has 2 bridgehead atoms. The van der Waals surface area contributed by atoms with Gasteiger partial charge >= 0.3 is 5.97 Å². The van der Waals surface area contributed by atoms with Crippen molar-refractivity contribution < 1.29 is 19.4 Å². The van der Waals surface area contributed by atoms with Crippen molar-refractivity contribution in [3.8, 4) is 11.5 Å². The van der Waals surface area contributed by atoms with Crippen LogP contribution in [0, 0.1) is 16.7 Å². The van der Waals surface area contributed by atoms with Crippen LogP contribution in [0.3, 0.4) is 0 Å². The number of hydrogen-bond donors (Lipinski definition) is 1. The molecule has 2 saturated carbocycles. The number of methoxy groups -OCH3 is 1. The molecule has 24 heavy (non-hydrogen) atoms. The molecular weight excluding hydrogens is 304 g/mol. The highest BCUT2D eigenvalue weighted by atomic mass is 16.5. The second kappa shape index (κ2) is 5.83. The first-order valence-electron chi connectivity index (χ1n) is 8.53. The van der Waals surface area contributed by atoms with E-state index >= 15 is 0 Å². The fraction of sp³-hybridized carbons (Fsp3) is 0.550. The minimum atomic E-state index is -0.309. The van der Waals surface area contributed by atoms with Gasteiger partial charge in [-0.25, -0.2) is 4.79 Å². The predicted molar refractivity (Wildman–Crippen MR) is 92.8 cm³/mol. The van der Waals surface area contributed by atoms with E-state index in [1.807, 2.05) is 0 Å². The molecule has 0 aliphatic heterocycles. The smallest absolute Gasteiger partial charge is 0.331 e. The van der Waals surface area contributed by atoms with Crippen LogP contribution in [0.15, 0.2) is 24.3 Å². The van der Waals surface area contributed by atoms with Gasteiger partial charge < -0.3 is 14.6 Å². The minimum absolute atomic E-state index is 0.00208. The molecule has 4 nitrogen and oxygen atoms in total. The standard InChI is InChI=1S/C20H26O4/c1-19(2)14-9-10-20(19,3)17(12-14)24-18(22)8-6-13-5-7-15(21)16(11-13)23-4/h5-8,11,14,17,21H,9-10,12H2,1-4H3/b8-6-/t14-,17+,20+/m1/s1. The predicted octanol–water partition coefficient (Wildman–Crippen LogP) is 4.17. The maximum absolute atomic E-state index is 12.2. The van der Waals surface area contributed by atoms with Gasteiger partial charge in [0.2, 0.25) is 0 Å². The van der Waals surface area contributed by atoms with E-state index in [1.54, 1.807) is 24.3 Å². The van der Waals surface area contributed by atoms with Crippen molar-refractivity contribution in [2.45, 2.75) is 46.1 Å². The normalized spacial score (nSPS) is 30.7. The minimum Gasteiger partial charge on any atom is -0.504 e. The molecule has 0 heterocycles. The highest BCUT2D eigenvalue weighted by Crippen LogP contribution is 2.66. The van der Waals surface area contributed by atoms with Gasteiger partial charge in [0, 0.05) is 11.5 Å². The third-order valence-corrected chi connectivity index (χ3v) is 6.59. The van der Waals surface area contributed by atoms with Gasteiger partial charge in [-0.1, -0.05) is 26.8 Å². The lowest BCUT2D eigenvalue weighted by Crippen LogP contribution is -2.38. The Morgan fingerprint density at radius 3 is 2.67 bits per heavy atom. The van der Waals surface area contributed by atoms with Gasteiger partial charge in [0.05, 0.1) is 7.11 Å². The molecule has 4 heteroatoms. The maximum atomic E-state index is 12.2. The average Bonchev–Trinajstić information content (AvgIpc) is 2.87. The van der Waals surface area contributed by atoms with Crippen molar-refractivity contribution in [3.05, 3.63) is 29.8 Å². The third-order valence-electron chi connectivity index (χ3n) is 6.59. The lowest BCUT2D eigenvalue weighted by molar-refractivity contribution is -0.150. The van der Waals surface area contributed by atoms with Crippen LogP contribution in [0.1, 0.15) is 45.6 Å². The molecule has 0 saturated heterocycles. The largest absolute Gasteiger partial charge is 0.504 e. The molecule has 0 spiro atoms. The van der Waals surface area contributed by atoms with Gasteiger partial charge in [-0.3, -0.25) is 0 Å². The summed E-state index contributed by atoms with van der Waals surface area (Å²) in [5.74, 6) is 0.796. The van der Waals surface area contributed by atoms with Gasteiger partial charge in [-0.2, -0.15) is 0 Å². The van der Waals surface area contributed by atoms with Crippen LogP contribution < -0.4 is 4.74 Å². The number of hydrogen-bond acceptors (Lipinski definition) is 4. The molecule has 1 aromatic rings. The number of aromatic hydroxyl groups is 1. The molecule has 0 unspecified atom stereocenters. The summed E-state index contributed by atoms with van der Waals surface area (Å²) in [6, 6.07) is 4.95. The van der Waals surface area contributed by atoms with Crippen molar-refractivity contribution in [1.29, 1.82) is 0 Å². The van der Waals surface area contributed by atoms with Crippen LogP contribution in [-0.2, 0) is 9.53 Å². The van der Waals surface area contributed by atoms with Gasteiger partial charge in [0.25, 0.3) is 0 Å². The van der Waals surface area contributed by atoms with Gasteiger partial charge in [-0.15, -0.1) is 0 Å². The second-order valence-corrected chi connectivity index (χ2v) is 7.80. The van der Waals surface area contributed by atoms with E-state index in [4.69, 9.17) is 9.47 Å². The second-order valence-electron chi connectivity index (χ2n) is 7.80. The molecule has 0 amide bonds. The van der Waals surface area contributed by atoms with Crippen LogP contribution in [-0.4, -0.2) is 24.3 Å². The van der Waals surface area contributed by atoms with Gasteiger partial charge in [0.1, 0.15) is 6.10 Å². The van der Waals surface area contributed by atoms with Gasteiger partial charge in [0.15, 0.2) is 11.5 Å². The Labute approximate surface area is 143 Å². The summed E-state index contributed by atoms with van der Waals surface area (Å²) < 4.78 is 10.8. The number of esters is 1. The molecule has 0 aromatic heterocycles. The van der Waals surface area contributed by atoms with Crippen LogP contribution in [0.2, 0.25) is 0 Å². The number of carbonyl (C=O) groups excluding carboxylic acids is 1. The Bertz CT molecular complexity index is 676. The van der Waals surface area contributed by atoms with E-state index in [9.17, 15) is 9.90 Å². The van der Waals surface area contributed by atoms with Crippen LogP contribution in [0.25, 0.3) is 6.08 Å². The molecule has 2 fully saturated rings. The molecule has 2 aliphatic carbocycles. The molecule has 2 aliphatic rings. The number of carbonyl (C=O) groups is 1. The molecule has 1 N–H and O–H groups in total. The van der Waals surface area contributed by atoms with Crippen LogP contribution >= 0.6 is 0 Å². The lowest BCUT2D eigenvalue weighted by Gasteiger charge is -2.38. The summed E-state index contributed by atoms with van der Waals surface area (Å²) >= 11 is 0. The van der Waals surface area contributed by atoms with E-state index in [0.29, 0.717) is 11.7 Å². The summed E-state index contributed by atoms with van der Waals surface area (Å²) in [6.45, 7) is 6.86. The van der Waals surface area contributed by atoms with Crippen molar-refractivity contribution in [1.82, 2.24) is 0 Å². The van der Waals surface area contributed by atoms with E-state index in [1.165, 1.54) is 19.6 Å². The molecule has 0 radical (unpaired) electrons. The first kappa shape index (κ1) is 16.9. The Hall–Kier alpha value is -1.97. The highest BCUT2D eigenvalue weighted by molar-refractivity contribution is 5.87. The molecule has 1 aromatic carbocycles. The van der Waals surface area contributed by atoms with Crippen molar-refractivity contribution in [2.24, 2.45) is 16.7 Å². The Morgan fingerprint density at radius 2 is 2.08 bits per heavy atom. The quantitative estimate of drug-likeness (QED) is 0.665. The summed E-state index contributed by atoms with van der Waals surface area (Å²) in [4.78, 5) is 12.2. The number of phenolic OH excluding ortho intramolecular Hbond substituents is 1. The zero-order valence-electron chi connectivity index (χ0n) is 14.8. The Morgan fingerprint density at radius 1 is 1.33 bits per heavy atom. The Kier molecular flexibility index (Phi) is 4.10. The summed E-state index contributed by atoms with van der Waals surface area (Å²) in [6.07, 6.45) is 6.47. The SMILES string of the molecule is COc1cc(/C=C\C(=O)O[C@H]2C[C@H]3CC[C@]2(C)C3(C)C)ccc1O. The van der Waals surface area contributed by atoms with E-state index in [-0.39, 0.29) is 28.7 Å². The third kappa shape index (κ3) is 2.58. The number of ether oxygens (including phenoxy) is 2. The zero-order chi connectivity index (χ0) is 17.5. The van der Waals surface area contributed by atoms with Crippen LogP contribution in [0.4, 0.5) is 0 Å². The number of phenols is 1. The van der Waals surface area contributed by atoms with E-state index in [2.05, 4.69) is 20.8 Å². The Balaban J connectivity index is 1.67. The maximum Gasteiger partial charge on any atom is 0.331 e. The molecule has 3 atom stereocenters. The molecular formula is C20H26O4. The molecule has 3 rings (SSSR count). The van der Waals surface area contributed by atoms with Crippen LogP contribution in [0.5, 0.6) is 11.5 Å². The first-order chi connectivity index (χ1) is 11.3. The van der Waals surface area contributed by atoms with Gasteiger partial charge in [-0.05, 0) is 54.4 Å². The number of benzene rings is 1. The number of rotatable bonds is 4. The number of fused-ring (bicyclic) bond motifs is 2. The van der Waals surface area contributed by atoms with E-state index in [0.717, 1.165) is 18.4 Å². The fourth-order valence-corrected chi connectivity index (χ4v) is 4.45. The van der Waals surface area contributed by atoms with Crippen molar-refractivity contribution >= 4 is 12.0 Å².